The number of carbonyl (C=O) groups excluding carboxylic acids is 1. The van der Waals surface area contributed by atoms with E-state index in [2.05, 4.69) is 34.3 Å². The van der Waals surface area contributed by atoms with Gasteiger partial charge in [0.25, 0.3) is 5.91 Å². The number of carbonyl (C=O) groups is 1. The lowest BCUT2D eigenvalue weighted by Gasteiger charge is -2.35. The third-order valence-corrected chi connectivity index (χ3v) is 4.79. The molecule has 0 unspecified atom stereocenters. The Morgan fingerprint density at radius 3 is 2.44 bits per heavy atom. The molecule has 0 atom stereocenters. The maximum Gasteiger partial charge on any atom is 0.255 e. The standard InChI is InChI=1S/C21H25N3O/c1-15-5-8-20(24-11-9-23(4)10-12-24)19(13-15)22-21(25)18-7-6-16(2)17(3)14-18/h3,5-8,13-14H,9-12H2,1-2,4H3,(H,22,25). The Kier molecular flexibility index (Phi) is 5.09. The Morgan fingerprint density at radius 1 is 1.04 bits per heavy atom. The fourth-order valence-corrected chi connectivity index (χ4v) is 3.05. The smallest absolute Gasteiger partial charge is 0.255 e. The largest absolute Gasteiger partial charge is 0.367 e. The average molecular weight is 335 g/mol. The third-order valence-electron chi connectivity index (χ3n) is 4.79. The molecule has 1 aliphatic heterocycles. The van der Waals surface area contributed by atoms with E-state index in [-0.39, 0.29) is 5.91 Å². The SMILES string of the molecule is [CH]c1cc(C(=O)Nc2cc(C)ccc2N2CCN(C)CC2)ccc1C. The van der Waals surface area contributed by atoms with Crippen molar-refractivity contribution in [2.45, 2.75) is 13.8 Å². The van der Waals surface area contributed by atoms with Crippen LogP contribution < -0.4 is 10.2 Å². The topological polar surface area (TPSA) is 35.6 Å². The first-order valence-corrected chi connectivity index (χ1v) is 8.65. The van der Waals surface area contributed by atoms with E-state index in [0.717, 1.165) is 48.7 Å². The Balaban J connectivity index is 1.84. The molecule has 25 heavy (non-hydrogen) atoms. The molecule has 3 rings (SSSR count). The molecule has 1 heterocycles. The zero-order valence-electron chi connectivity index (χ0n) is 15.2. The van der Waals surface area contributed by atoms with E-state index in [1.807, 2.05) is 32.0 Å². The summed E-state index contributed by atoms with van der Waals surface area (Å²) in [6.07, 6.45) is 0. The number of aryl methyl sites for hydroxylation is 2. The first-order chi connectivity index (χ1) is 11.9. The molecule has 2 aromatic carbocycles. The number of benzene rings is 2. The second-order valence-electron chi connectivity index (χ2n) is 6.84. The van der Waals surface area contributed by atoms with Gasteiger partial charge in [-0.2, -0.15) is 0 Å². The van der Waals surface area contributed by atoms with Crippen LogP contribution in [-0.2, 0) is 0 Å². The van der Waals surface area contributed by atoms with Crippen LogP contribution >= 0.6 is 0 Å². The van der Waals surface area contributed by atoms with Gasteiger partial charge in [-0.3, -0.25) is 4.79 Å². The van der Waals surface area contributed by atoms with Gasteiger partial charge in [0.2, 0.25) is 0 Å². The molecule has 2 radical (unpaired) electrons. The summed E-state index contributed by atoms with van der Waals surface area (Å²) >= 11 is 0. The van der Waals surface area contributed by atoms with Crippen LogP contribution in [0.4, 0.5) is 11.4 Å². The second kappa shape index (κ2) is 7.28. The van der Waals surface area contributed by atoms with E-state index in [1.165, 1.54) is 0 Å². The molecule has 1 N–H and O–H groups in total. The number of likely N-dealkylation sites (N-methyl/N-ethyl adjacent to an activating group) is 1. The van der Waals surface area contributed by atoms with Gasteiger partial charge >= 0.3 is 0 Å². The summed E-state index contributed by atoms with van der Waals surface area (Å²) in [5.74, 6) is -0.132. The first kappa shape index (κ1) is 17.5. The van der Waals surface area contributed by atoms with Crippen molar-refractivity contribution in [3.05, 3.63) is 65.6 Å². The van der Waals surface area contributed by atoms with Crippen molar-refractivity contribution < 1.29 is 4.79 Å². The molecule has 2 aromatic rings. The van der Waals surface area contributed by atoms with Crippen LogP contribution in [0.15, 0.2) is 36.4 Å². The van der Waals surface area contributed by atoms with Crippen molar-refractivity contribution in [3.63, 3.8) is 0 Å². The van der Waals surface area contributed by atoms with Crippen LogP contribution in [0.1, 0.15) is 27.0 Å². The van der Waals surface area contributed by atoms with Crippen LogP contribution in [0, 0.1) is 20.8 Å². The molecule has 0 aliphatic carbocycles. The van der Waals surface area contributed by atoms with Gasteiger partial charge in [0.1, 0.15) is 0 Å². The Bertz CT molecular complexity index is 777. The lowest BCUT2D eigenvalue weighted by atomic mass is 10.1. The van der Waals surface area contributed by atoms with Gasteiger partial charge in [0.05, 0.1) is 11.4 Å². The maximum absolute atomic E-state index is 12.7. The van der Waals surface area contributed by atoms with Crippen LogP contribution in [0.25, 0.3) is 0 Å². The predicted octanol–water partition coefficient (Wildman–Crippen LogP) is 3.37. The summed E-state index contributed by atoms with van der Waals surface area (Å²) in [7, 11) is 2.14. The van der Waals surface area contributed by atoms with E-state index in [4.69, 9.17) is 6.92 Å². The van der Waals surface area contributed by atoms with Crippen LogP contribution in [0.5, 0.6) is 0 Å². The number of hydrogen-bond donors (Lipinski definition) is 1. The molecule has 1 aliphatic rings. The minimum atomic E-state index is -0.132. The van der Waals surface area contributed by atoms with E-state index in [9.17, 15) is 4.79 Å². The molecule has 4 nitrogen and oxygen atoms in total. The van der Waals surface area contributed by atoms with Crippen molar-refractivity contribution >= 4 is 17.3 Å². The highest BCUT2D eigenvalue weighted by Gasteiger charge is 2.18. The predicted molar refractivity (Wildman–Crippen MR) is 103 cm³/mol. The van der Waals surface area contributed by atoms with Gasteiger partial charge in [0.15, 0.2) is 0 Å². The zero-order valence-corrected chi connectivity index (χ0v) is 15.2. The van der Waals surface area contributed by atoms with Gasteiger partial charge in [0, 0.05) is 31.7 Å². The monoisotopic (exact) mass is 335 g/mol. The molecule has 1 amide bonds. The van der Waals surface area contributed by atoms with Crippen LogP contribution in [0.2, 0.25) is 0 Å². The fourth-order valence-electron chi connectivity index (χ4n) is 3.05. The van der Waals surface area contributed by atoms with Gasteiger partial charge in [-0.15, -0.1) is 0 Å². The molecule has 130 valence electrons. The molecular formula is C21H25N3O. The zero-order chi connectivity index (χ0) is 18.0. The molecule has 0 saturated carbocycles. The minimum absolute atomic E-state index is 0.132. The first-order valence-electron chi connectivity index (χ1n) is 8.65. The molecule has 4 heteroatoms. The van der Waals surface area contributed by atoms with Crippen molar-refractivity contribution in [2.24, 2.45) is 0 Å². The van der Waals surface area contributed by atoms with Crippen molar-refractivity contribution in [3.8, 4) is 0 Å². The van der Waals surface area contributed by atoms with E-state index in [1.54, 1.807) is 6.07 Å². The highest BCUT2D eigenvalue weighted by molar-refractivity contribution is 6.06. The van der Waals surface area contributed by atoms with Gasteiger partial charge < -0.3 is 15.1 Å². The number of piperazine rings is 1. The summed E-state index contributed by atoms with van der Waals surface area (Å²) in [6.45, 7) is 13.9. The molecule has 0 aromatic heterocycles. The van der Waals surface area contributed by atoms with Gasteiger partial charge in [-0.05, 0) is 68.8 Å². The summed E-state index contributed by atoms with van der Waals surface area (Å²) in [4.78, 5) is 17.3. The molecule has 0 spiro atoms. The normalized spacial score (nSPS) is 15.3. The summed E-state index contributed by atoms with van der Waals surface area (Å²) < 4.78 is 0. The van der Waals surface area contributed by atoms with E-state index < -0.39 is 0 Å². The van der Waals surface area contributed by atoms with Crippen molar-refractivity contribution in [2.75, 3.05) is 43.4 Å². The summed E-state index contributed by atoms with van der Waals surface area (Å²) in [5.41, 5.74) is 5.24. The molecule has 1 fully saturated rings. The third kappa shape index (κ3) is 4.02. The van der Waals surface area contributed by atoms with E-state index in [0.29, 0.717) is 11.1 Å². The summed E-state index contributed by atoms with van der Waals surface area (Å²) in [5, 5.41) is 3.07. The maximum atomic E-state index is 12.7. The summed E-state index contributed by atoms with van der Waals surface area (Å²) in [6, 6.07) is 11.6. The Labute approximate surface area is 150 Å². The molecule has 0 bridgehead atoms. The van der Waals surface area contributed by atoms with Crippen molar-refractivity contribution in [1.82, 2.24) is 4.90 Å². The number of hydrogen-bond acceptors (Lipinski definition) is 3. The highest BCUT2D eigenvalue weighted by atomic mass is 16.1. The average Bonchev–Trinajstić information content (AvgIpc) is 2.58. The number of amides is 1. The van der Waals surface area contributed by atoms with E-state index >= 15 is 0 Å². The number of rotatable bonds is 3. The Hall–Kier alpha value is -2.33. The molecular weight excluding hydrogens is 310 g/mol. The number of anilines is 2. The quantitative estimate of drug-likeness (QED) is 0.934. The van der Waals surface area contributed by atoms with Gasteiger partial charge in [-0.25, -0.2) is 0 Å². The second-order valence-corrected chi connectivity index (χ2v) is 6.84. The minimum Gasteiger partial charge on any atom is -0.367 e. The van der Waals surface area contributed by atoms with Crippen molar-refractivity contribution in [1.29, 1.82) is 0 Å². The lowest BCUT2D eigenvalue weighted by molar-refractivity contribution is 0.102. The Morgan fingerprint density at radius 2 is 1.76 bits per heavy atom. The lowest BCUT2D eigenvalue weighted by Crippen LogP contribution is -2.44. The van der Waals surface area contributed by atoms with Crippen LogP contribution in [0.3, 0.4) is 0 Å². The fraction of sp³-hybridized carbons (Fsp3) is 0.333. The number of nitrogens with zero attached hydrogens (tertiary/aromatic N) is 2. The van der Waals surface area contributed by atoms with Crippen LogP contribution in [-0.4, -0.2) is 44.0 Å². The highest BCUT2D eigenvalue weighted by Crippen LogP contribution is 2.28. The molecule has 1 saturated heterocycles. The van der Waals surface area contributed by atoms with Gasteiger partial charge in [-0.1, -0.05) is 12.1 Å². The number of nitrogens with one attached hydrogen (secondary N) is 1.